The molecular formula is C49H29N3O3. The van der Waals surface area contributed by atoms with E-state index in [2.05, 4.69) is 125 Å². The summed E-state index contributed by atoms with van der Waals surface area (Å²) in [5.41, 5.74) is 11.2. The van der Waals surface area contributed by atoms with Gasteiger partial charge in [0, 0.05) is 49.3 Å². The fraction of sp³-hybridized carbons (Fsp3) is 0. The Hall–Kier alpha value is -7.57. The van der Waals surface area contributed by atoms with Gasteiger partial charge in [-0.2, -0.15) is 0 Å². The van der Waals surface area contributed by atoms with Crippen LogP contribution in [0.3, 0.4) is 0 Å². The van der Waals surface area contributed by atoms with Crippen LogP contribution in [-0.2, 0) is 0 Å². The van der Waals surface area contributed by atoms with Crippen molar-refractivity contribution in [3.8, 4) is 17.1 Å². The molecule has 0 aliphatic carbocycles. The van der Waals surface area contributed by atoms with Gasteiger partial charge in [0.2, 0.25) is 5.89 Å². The van der Waals surface area contributed by atoms with Gasteiger partial charge in [-0.3, -0.25) is 0 Å². The Morgan fingerprint density at radius 2 is 1.07 bits per heavy atom. The zero-order valence-corrected chi connectivity index (χ0v) is 29.3. The third-order valence-electron chi connectivity index (χ3n) is 10.8. The molecule has 4 heterocycles. The van der Waals surface area contributed by atoms with Gasteiger partial charge in [0.05, 0.1) is 16.7 Å². The Bertz CT molecular complexity index is 3440. The van der Waals surface area contributed by atoms with Crippen molar-refractivity contribution in [2.45, 2.75) is 0 Å². The highest BCUT2D eigenvalue weighted by Gasteiger charge is 2.29. The molecule has 8 aromatic carbocycles. The first-order valence-corrected chi connectivity index (χ1v) is 18.4. The number of aromatic nitrogens is 2. The summed E-state index contributed by atoms with van der Waals surface area (Å²) in [6, 6.07) is 60.6. The molecule has 0 N–H and O–H groups in total. The van der Waals surface area contributed by atoms with Gasteiger partial charge in [0.25, 0.3) is 0 Å². The van der Waals surface area contributed by atoms with Crippen LogP contribution in [-0.4, -0.2) is 9.55 Å². The molecule has 12 rings (SSSR count). The van der Waals surface area contributed by atoms with E-state index in [9.17, 15) is 0 Å². The molecule has 0 fully saturated rings. The summed E-state index contributed by atoms with van der Waals surface area (Å²) in [4.78, 5) is 7.50. The number of para-hydroxylation sites is 5. The quantitative estimate of drug-likeness (QED) is 0.178. The summed E-state index contributed by atoms with van der Waals surface area (Å²) >= 11 is 0. The van der Waals surface area contributed by atoms with E-state index in [1.807, 2.05) is 60.7 Å². The predicted octanol–water partition coefficient (Wildman–Crippen LogP) is 13.9. The molecule has 0 saturated heterocycles. The van der Waals surface area contributed by atoms with E-state index in [1.54, 1.807) is 0 Å². The maximum atomic E-state index is 6.86. The monoisotopic (exact) mass is 707 g/mol. The minimum absolute atomic E-state index is 0.539. The number of hydrogen-bond acceptors (Lipinski definition) is 5. The van der Waals surface area contributed by atoms with E-state index < -0.39 is 0 Å². The van der Waals surface area contributed by atoms with Crippen LogP contribution in [0.1, 0.15) is 0 Å². The van der Waals surface area contributed by atoms with Crippen molar-refractivity contribution in [1.29, 1.82) is 0 Å². The molecule has 0 unspecified atom stereocenters. The molecule has 0 amide bonds. The van der Waals surface area contributed by atoms with E-state index in [0.717, 1.165) is 88.4 Å². The van der Waals surface area contributed by atoms with Crippen LogP contribution in [0.15, 0.2) is 189 Å². The molecule has 0 radical (unpaired) electrons. The van der Waals surface area contributed by atoms with Gasteiger partial charge in [0.15, 0.2) is 16.7 Å². The first kappa shape index (κ1) is 29.9. The predicted molar refractivity (Wildman–Crippen MR) is 223 cm³/mol. The van der Waals surface area contributed by atoms with Crippen molar-refractivity contribution in [3.05, 3.63) is 176 Å². The Labute approximate surface area is 313 Å². The lowest BCUT2D eigenvalue weighted by molar-refractivity contribution is 0.620. The SMILES string of the molecule is c1ccc(-c2nc3c(N(c4ccc5c(c4)c4ccccc4n5-c4ccccc4)c4cccc5c4oc4ccccc45)c4oc5ccccc5c4cc3o2)cc1. The van der Waals surface area contributed by atoms with Gasteiger partial charge in [-0.05, 0) is 72.8 Å². The Morgan fingerprint density at radius 3 is 1.87 bits per heavy atom. The van der Waals surface area contributed by atoms with E-state index in [0.29, 0.717) is 22.6 Å². The van der Waals surface area contributed by atoms with Gasteiger partial charge in [0.1, 0.15) is 22.4 Å². The molecule has 258 valence electrons. The lowest BCUT2D eigenvalue weighted by atomic mass is 10.1. The molecule has 0 aliphatic rings. The third kappa shape index (κ3) is 4.39. The van der Waals surface area contributed by atoms with Crippen LogP contribution in [0.5, 0.6) is 0 Å². The van der Waals surface area contributed by atoms with Gasteiger partial charge in [-0.1, -0.05) is 103 Å². The van der Waals surface area contributed by atoms with Crippen LogP contribution in [0.4, 0.5) is 17.1 Å². The molecule has 12 aromatic rings. The number of fused-ring (bicyclic) bond motifs is 10. The molecule has 0 saturated carbocycles. The lowest BCUT2D eigenvalue weighted by Crippen LogP contribution is -2.11. The number of benzene rings is 8. The van der Waals surface area contributed by atoms with Gasteiger partial charge in [-0.15, -0.1) is 0 Å². The van der Waals surface area contributed by atoms with Crippen LogP contribution < -0.4 is 4.90 Å². The second-order valence-corrected chi connectivity index (χ2v) is 13.9. The third-order valence-corrected chi connectivity index (χ3v) is 10.8. The average molecular weight is 708 g/mol. The summed E-state index contributed by atoms with van der Waals surface area (Å²) in [6.45, 7) is 0. The second kappa shape index (κ2) is 11.5. The molecule has 6 heteroatoms. The minimum Gasteiger partial charge on any atom is -0.454 e. The Kier molecular flexibility index (Phi) is 6.24. The maximum Gasteiger partial charge on any atom is 0.227 e. The largest absolute Gasteiger partial charge is 0.454 e. The summed E-state index contributed by atoms with van der Waals surface area (Å²) in [5.74, 6) is 0.539. The maximum absolute atomic E-state index is 6.86. The number of oxazole rings is 1. The summed E-state index contributed by atoms with van der Waals surface area (Å²) in [6.07, 6.45) is 0. The minimum atomic E-state index is 0.539. The van der Waals surface area contributed by atoms with Crippen LogP contribution in [0.2, 0.25) is 0 Å². The smallest absolute Gasteiger partial charge is 0.227 e. The standard InChI is InChI=1S/C49H29N3O3/c1-3-14-30(15-4-1)49-50-45-44(55-49)29-38-35-20-9-12-25-43(35)54-48(38)46(45)52(41-23-13-21-36-34-19-8-11-24-42(34)53-47(36)41)32-26-27-40-37(28-32)33-18-7-10-22-39(33)51(40)31-16-5-2-6-17-31/h1-29H. The van der Waals surface area contributed by atoms with Crippen molar-refractivity contribution in [2.24, 2.45) is 0 Å². The number of hydrogen-bond donors (Lipinski definition) is 0. The molecule has 0 aliphatic heterocycles. The van der Waals surface area contributed by atoms with Crippen LogP contribution in [0, 0.1) is 0 Å². The highest BCUT2D eigenvalue weighted by atomic mass is 16.4. The molecule has 6 nitrogen and oxygen atoms in total. The topological polar surface area (TPSA) is 60.5 Å². The number of nitrogens with zero attached hydrogens (tertiary/aromatic N) is 3. The zero-order valence-electron chi connectivity index (χ0n) is 29.3. The van der Waals surface area contributed by atoms with Crippen molar-refractivity contribution < 1.29 is 13.3 Å². The molecule has 0 spiro atoms. The zero-order chi connectivity index (χ0) is 36.0. The van der Waals surface area contributed by atoms with E-state index in [4.69, 9.17) is 18.2 Å². The number of rotatable bonds is 5. The van der Waals surface area contributed by atoms with Gasteiger partial charge in [-0.25, -0.2) is 4.98 Å². The number of anilines is 3. The van der Waals surface area contributed by atoms with E-state index in [1.165, 1.54) is 0 Å². The fourth-order valence-electron chi connectivity index (χ4n) is 8.39. The highest BCUT2D eigenvalue weighted by Crippen LogP contribution is 2.50. The average Bonchev–Trinajstić information content (AvgIpc) is 4.02. The first-order valence-electron chi connectivity index (χ1n) is 18.4. The van der Waals surface area contributed by atoms with Crippen LogP contribution >= 0.6 is 0 Å². The van der Waals surface area contributed by atoms with E-state index in [-0.39, 0.29) is 0 Å². The second-order valence-electron chi connectivity index (χ2n) is 13.9. The molecule has 55 heavy (non-hydrogen) atoms. The normalized spacial score (nSPS) is 12.0. The molecular weight excluding hydrogens is 679 g/mol. The van der Waals surface area contributed by atoms with Crippen molar-refractivity contribution in [1.82, 2.24) is 9.55 Å². The van der Waals surface area contributed by atoms with Crippen molar-refractivity contribution in [2.75, 3.05) is 4.90 Å². The Morgan fingerprint density at radius 1 is 0.436 bits per heavy atom. The van der Waals surface area contributed by atoms with E-state index >= 15 is 0 Å². The molecule has 4 aromatic heterocycles. The summed E-state index contributed by atoms with van der Waals surface area (Å²) in [7, 11) is 0. The number of furan rings is 2. The summed E-state index contributed by atoms with van der Waals surface area (Å²) < 4.78 is 22.6. The highest BCUT2D eigenvalue weighted by molar-refractivity contribution is 6.20. The first-order chi connectivity index (χ1) is 27.3. The molecule has 0 atom stereocenters. The van der Waals surface area contributed by atoms with Gasteiger partial charge >= 0.3 is 0 Å². The van der Waals surface area contributed by atoms with Crippen molar-refractivity contribution in [3.63, 3.8) is 0 Å². The van der Waals surface area contributed by atoms with Crippen molar-refractivity contribution >= 4 is 93.8 Å². The van der Waals surface area contributed by atoms with Gasteiger partial charge < -0.3 is 22.7 Å². The Balaban J connectivity index is 1.23. The summed E-state index contributed by atoms with van der Waals surface area (Å²) in [5, 5.41) is 6.31. The molecule has 0 bridgehead atoms. The lowest BCUT2D eigenvalue weighted by Gasteiger charge is -2.26. The fourth-order valence-corrected chi connectivity index (χ4v) is 8.39. The van der Waals surface area contributed by atoms with Crippen LogP contribution in [0.25, 0.3) is 93.9 Å².